The molecule has 0 bridgehead atoms. The summed E-state index contributed by atoms with van der Waals surface area (Å²) in [6.07, 6.45) is -1.11. The number of hydrogen-bond donors (Lipinski definition) is 2. The molecule has 0 heterocycles. The fourth-order valence-electron chi connectivity index (χ4n) is 0.679. The number of rotatable bonds is 5. The number of hydrogen-bond acceptors (Lipinski definition) is 4. The molecule has 0 spiro atoms. The monoisotopic (exact) mass is 150 g/mol. The molecule has 0 aliphatic carbocycles. The van der Waals surface area contributed by atoms with E-state index >= 15 is 0 Å². The Morgan fingerprint density at radius 2 is 1.80 bits per heavy atom. The molecule has 0 rings (SSSR count). The van der Waals surface area contributed by atoms with Crippen molar-refractivity contribution in [3.8, 4) is 0 Å². The minimum atomic E-state index is -0.750. The molecule has 62 valence electrons. The summed E-state index contributed by atoms with van der Waals surface area (Å²) in [6.45, 7) is -0.0651. The van der Waals surface area contributed by atoms with Gasteiger partial charge in [-0.15, -0.1) is 0 Å². The highest BCUT2D eigenvalue weighted by Gasteiger charge is 2.16. The first-order chi connectivity index (χ1) is 4.76. The number of ether oxygens (including phenoxy) is 2. The third kappa shape index (κ3) is 3.12. The maximum absolute atomic E-state index is 9.10. The zero-order valence-corrected chi connectivity index (χ0v) is 6.28. The van der Waals surface area contributed by atoms with Crippen LogP contribution < -0.4 is 0 Å². The van der Waals surface area contributed by atoms with Crippen LogP contribution in [0.15, 0.2) is 0 Å². The van der Waals surface area contributed by atoms with Gasteiger partial charge in [0.15, 0.2) is 6.29 Å². The Hall–Kier alpha value is -0.160. The Bertz CT molecular complexity index is 72.1. The summed E-state index contributed by atoms with van der Waals surface area (Å²) in [5.74, 6) is 0. The molecular weight excluding hydrogens is 136 g/mol. The van der Waals surface area contributed by atoms with Crippen molar-refractivity contribution >= 4 is 0 Å². The van der Waals surface area contributed by atoms with E-state index in [4.69, 9.17) is 19.7 Å². The van der Waals surface area contributed by atoms with Crippen LogP contribution in [-0.4, -0.2) is 43.4 Å². The molecule has 0 aromatic carbocycles. The van der Waals surface area contributed by atoms with Crippen molar-refractivity contribution in [1.82, 2.24) is 0 Å². The fourth-order valence-corrected chi connectivity index (χ4v) is 0.679. The first-order valence-electron chi connectivity index (χ1n) is 3.10. The third-order valence-electron chi connectivity index (χ3n) is 1.20. The average molecular weight is 150 g/mol. The van der Waals surface area contributed by atoms with E-state index in [-0.39, 0.29) is 13.0 Å². The molecule has 0 saturated carbocycles. The standard InChI is InChI=1S/C6H14O4/c1-9-6(10-2)5(8)3-4-7/h5-8H,3-4H2,1-2H3/t5-/m1/s1. The third-order valence-corrected chi connectivity index (χ3v) is 1.20. The lowest BCUT2D eigenvalue weighted by molar-refractivity contribution is -0.167. The molecule has 0 radical (unpaired) electrons. The van der Waals surface area contributed by atoms with E-state index in [1.165, 1.54) is 14.2 Å². The minimum Gasteiger partial charge on any atom is -0.396 e. The van der Waals surface area contributed by atoms with Crippen LogP contribution in [0.4, 0.5) is 0 Å². The van der Waals surface area contributed by atoms with Crippen molar-refractivity contribution < 1.29 is 19.7 Å². The van der Waals surface area contributed by atoms with E-state index in [2.05, 4.69) is 0 Å². The van der Waals surface area contributed by atoms with Crippen LogP contribution in [-0.2, 0) is 9.47 Å². The molecule has 0 aliphatic heterocycles. The van der Waals surface area contributed by atoms with Gasteiger partial charge in [0.1, 0.15) is 6.10 Å². The highest BCUT2D eigenvalue weighted by atomic mass is 16.7. The van der Waals surface area contributed by atoms with Gasteiger partial charge in [-0.1, -0.05) is 0 Å². The Balaban J connectivity index is 3.53. The summed E-state index contributed by atoms with van der Waals surface area (Å²) in [6, 6.07) is 0. The lowest BCUT2D eigenvalue weighted by atomic mass is 10.2. The van der Waals surface area contributed by atoms with Gasteiger partial charge in [0, 0.05) is 27.2 Å². The fraction of sp³-hybridized carbons (Fsp3) is 1.00. The van der Waals surface area contributed by atoms with Gasteiger partial charge in [-0.2, -0.15) is 0 Å². The summed E-state index contributed by atoms with van der Waals surface area (Å²) >= 11 is 0. The van der Waals surface area contributed by atoms with E-state index in [9.17, 15) is 0 Å². The second-order valence-electron chi connectivity index (χ2n) is 1.92. The topological polar surface area (TPSA) is 58.9 Å². The molecule has 4 heteroatoms. The molecule has 2 N–H and O–H groups in total. The molecule has 0 amide bonds. The van der Waals surface area contributed by atoms with Crippen molar-refractivity contribution in [3.05, 3.63) is 0 Å². The molecule has 0 saturated heterocycles. The molecule has 0 aromatic rings. The summed E-state index contributed by atoms with van der Waals surface area (Å²) in [5, 5.41) is 17.5. The van der Waals surface area contributed by atoms with Gasteiger partial charge in [0.2, 0.25) is 0 Å². The Morgan fingerprint density at radius 3 is 2.10 bits per heavy atom. The summed E-state index contributed by atoms with van der Waals surface area (Å²) in [5.41, 5.74) is 0. The Labute approximate surface area is 60.4 Å². The largest absolute Gasteiger partial charge is 0.396 e. The molecule has 0 unspecified atom stereocenters. The van der Waals surface area contributed by atoms with Crippen molar-refractivity contribution in [2.75, 3.05) is 20.8 Å². The van der Waals surface area contributed by atoms with E-state index < -0.39 is 12.4 Å². The smallest absolute Gasteiger partial charge is 0.182 e. The van der Waals surface area contributed by atoms with E-state index in [1.54, 1.807) is 0 Å². The summed E-state index contributed by atoms with van der Waals surface area (Å²) in [4.78, 5) is 0. The lowest BCUT2D eigenvalue weighted by Gasteiger charge is -2.18. The van der Waals surface area contributed by atoms with Crippen LogP contribution in [0.25, 0.3) is 0 Å². The molecule has 0 aromatic heterocycles. The summed E-state index contributed by atoms with van der Waals surface area (Å²) < 4.78 is 9.46. The van der Waals surface area contributed by atoms with Gasteiger partial charge < -0.3 is 19.7 Å². The van der Waals surface area contributed by atoms with Crippen LogP contribution in [0, 0.1) is 0 Å². The number of aliphatic hydroxyl groups excluding tert-OH is 2. The van der Waals surface area contributed by atoms with Gasteiger partial charge in [0.25, 0.3) is 0 Å². The van der Waals surface area contributed by atoms with Gasteiger partial charge in [-0.25, -0.2) is 0 Å². The predicted octanol–water partition coefficient (Wildman–Crippen LogP) is -0.651. The van der Waals surface area contributed by atoms with Gasteiger partial charge in [-0.05, 0) is 0 Å². The lowest BCUT2D eigenvalue weighted by Crippen LogP contribution is -2.30. The van der Waals surface area contributed by atoms with Gasteiger partial charge in [-0.3, -0.25) is 0 Å². The van der Waals surface area contributed by atoms with Crippen LogP contribution in [0.3, 0.4) is 0 Å². The zero-order valence-electron chi connectivity index (χ0n) is 6.28. The minimum absolute atomic E-state index is 0.0651. The SMILES string of the molecule is COC(OC)[C@H](O)CCO. The van der Waals surface area contributed by atoms with Gasteiger partial charge >= 0.3 is 0 Å². The average Bonchev–Trinajstić information content (AvgIpc) is 1.91. The predicted molar refractivity (Wildman–Crippen MR) is 35.5 cm³/mol. The second kappa shape index (κ2) is 5.61. The molecule has 1 atom stereocenters. The quantitative estimate of drug-likeness (QED) is 0.511. The summed E-state index contributed by atoms with van der Waals surface area (Å²) in [7, 11) is 2.88. The van der Waals surface area contributed by atoms with Crippen LogP contribution in [0.5, 0.6) is 0 Å². The molecule has 4 nitrogen and oxygen atoms in total. The first-order valence-corrected chi connectivity index (χ1v) is 3.10. The van der Waals surface area contributed by atoms with E-state index in [1.807, 2.05) is 0 Å². The second-order valence-corrected chi connectivity index (χ2v) is 1.92. The van der Waals surface area contributed by atoms with Crippen LogP contribution >= 0.6 is 0 Å². The Morgan fingerprint density at radius 1 is 1.30 bits per heavy atom. The normalized spacial score (nSPS) is 14.1. The number of methoxy groups -OCH3 is 2. The highest BCUT2D eigenvalue weighted by molar-refractivity contribution is 4.57. The maximum atomic E-state index is 9.10. The van der Waals surface area contributed by atoms with Crippen molar-refractivity contribution in [3.63, 3.8) is 0 Å². The highest BCUT2D eigenvalue weighted by Crippen LogP contribution is 2.02. The van der Waals surface area contributed by atoms with Crippen molar-refractivity contribution in [2.45, 2.75) is 18.8 Å². The van der Waals surface area contributed by atoms with Crippen molar-refractivity contribution in [1.29, 1.82) is 0 Å². The van der Waals surface area contributed by atoms with E-state index in [0.29, 0.717) is 0 Å². The van der Waals surface area contributed by atoms with E-state index in [0.717, 1.165) is 0 Å². The maximum Gasteiger partial charge on any atom is 0.182 e. The van der Waals surface area contributed by atoms with Gasteiger partial charge in [0.05, 0.1) is 0 Å². The number of aliphatic hydroxyl groups is 2. The molecular formula is C6H14O4. The molecule has 10 heavy (non-hydrogen) atoms. The molecule has 0 aliphatic rings. The van der Waals surface area contributed by atoms with Crippen LogP contribution in [0.1, 0.15) is 6.42 Å². The Kier molecular flexibility index (Phi) is 5.52. The molecule has 0 fully saturated rings. The first kappa shape index (κ1) is 9.84. The van der Waals surface area contributed by atoms with Crippen molar-refractivity contribution in [2.24, 2.45) is 0 Å². The zero-order chi connectivity index (χ0) is 7.98. The van der Waals surface area contributed by atoms with Crippen LogP contribution in [0.2, 0.25) is 0 Å².